The third-order valence-corrected chi connectivity index (χ3v) is 4.35. The number of nitrogens with one attached hydrogen (secondary N) is 3. The minimum Gasteiger partial charge on any atom is -0.497 e. The summed E-state index contributed by atoms with van der Waals surface area (Å²) >= 11 is 0. The van der Waals surface area contributed by atoms with E-state index in [1.54, 1.807) is 45.7 Å². The molecule has 0 radical (unpaired) electrons. The van der Waals surface area contributed by atoms with Gasteiger partial charge in [-0.1, -0.05) is 6.07 Å². The lowest BCUT2D eigenvalue weighted by atomic mass is 10.2. The first-order valence-electron chi connectivity index (χ1n) is 9.74. The number of methoxy groups -OCH3 is 3. The molecule has 3 N–H and O–H groups in total. The summed E-state index contributed by atoms with van der Waals surface area (Å²) in [6.45, 7) is 0.429. The average Bonchev–Trinajstić information content (AvgIpc) is 2.82. The first-order valence-corrected chi connectivity index (χ1v) is 9.74. The van der Waals surface area contributed by atoms with Crippen LogP contribution in [0.3, 0.4) is 0 Å². The van der Waals surface area contributed by atoms with E-state index >= 15 is 0 Å². The number of pyridine rings is 1. The highest BCUT2D eigenvalue weighted by molar-refractivity contribution is 5.99. The highest BCUT2D eigenvalue weighted by Crippen LogP contribution is 2.25. The van der Waals surface area contributed by atoms with Gasteiger partial charge in [-0.15, -0.1) is 0 Å². The van der Waals surface area contributed by atoms with Gasteiger partial charge in [0.1, 0.15) is 23.7 Å². The third kappa shape index (κ3) is 6.19. The minimum absolute atomic E-state index is 0.353. The molecule has 3 rings (SSSR count). The number of hydrazine groups is 1. The summed E-state index contributed by atoms with van der Waals surface area (Å²) in [4.78, 5) is 21.2. The molecule has 9 nitrogen and oxygen atoms in total. The summed E-state index contributed by atoms with van der Waals surface area (Å²) in [5, 5.41) is 3.17. The molecule has 1 heterocycles. The second kappa shape index (κ2) is 11.3. The van der Waals surface area contributed by atoms with Gasteiger partial charge in [-0.25, -0.2) is 9.98 Å². The van der Waals surface area contributed by atoms with E-state index in [1.165, 1.54) is 6.34 Å². The smallest absolute Gasteiger partial charge is 0.273 e. The number of ether oxygens (including phenoxy) is 3. The summed E-state index contributed by atoms with van der Waals surface area (Å²) in [6.07, 6.45) is 2.99. The molecule has 0 unspecified atom stereocenters. The molecule has 0 atom stereocenters. The van der Waals surface area contributed by atoms with Crippen LogP contribution in [-0.2, 0) is 11.3 Å². The van der Waals surface area contributed by atoms with Crippen molar-refractivity contribution in [1.29, 1.82) is 0 Å². The largest absolute Gasteiger partial charge is 0.497 e. The number of aromatic nitrogens is 1. The maximum absolute atomic E-state index is 12.7. The molecule has 32 heavy (non-hydrogen) atoms. The van der Waals surface area contributed by atoms with Crippen molar-refractivity contribution in [3.63, 3.8) is 0 Å². The monoisotopic (exact) mass is 435 g/mol. The van der Waals surface area contributed by atoms with Crippen molar-refractivity contribution in [2.45, 2.75) is 6.61 Å². The second-order valence-corrected chi connectivity index (χ2v) is 6.59. The van der Waals surface area contributed by atoms with Crippen LogP contribution >= 0.6 is 0 Å². The second-order valence-electron chi connectivity index (χ2n) is 6.59. The van der Waals surface area contributed by atoms with E-state index < -0.39 is 0 Å². The molecular formula is C23H25N5O4. The normalized spacial score (nSPS) is 10.6. The highest BCUT2D eigenvalue weighted by Gasteiger charge is 2.13. The SMILES string of the molecule is COCc1cc(Nc2ncccc2C(=O)NNC=Nc2cccc(OC)c2)cc(OC)c1. The molecule has 0 saturated heterocycles. The van der Waals surface area contributed by atoms with Gasteiger partial charge in [0.2, 0.25) is 0 Å². The van der Waals surface area contributed by atoms with Crippen LogP contribution in [0.5, 0.6) is 11.5 Å². The molecule has 166 valence electrons. The highest BCUT2D eigenvalue weighted by atomic mass is 16.5. The topological polar surface area (TPSA) is 106 Å². The summed E-state index contributed by atoms with van der Waals surface area (Å²) in [6, 6.07) is 16.2. The van der Waals surface area contributed by atoms with Gasteiger partial charge in [0.05, 0.1) is 32.1 Å². The number of rotatable bonds is 10. The van der Waals surface area contributed by atoms with E-state index in [0.717, 1.165) is 11.3 Å². The lowest BCUT2D eigenvalue weighted by Crippen LogP contribution is -2.36. The van der Waals surface area contributed by atoms with Gasteiger partial charge in [-0.3, -0.25) is 15.6 Å². The number of carbonyl (C=O) groups excluding carboxylic acids is 1. The fourth-order valence-electron chi connectivity index (χ4n) is 2.89. The van der Waals surface area contributed by atoms with Gasteiger partial charge in [0.25, 0.3) is 5.91 Å². The van der Waals surface area contributed by atoms with Crippen LogP contribution in [0.1, 0.15) is 15.9 Å². The molecule has 1 amide bonds. The van der Waals surface area contributed by atoms with Crippen molar-refractivity contribution in [1.82, 2.24) is 15.8 Å². The Balaban J connectivity index is 1.68. The molecule has 0 aliphatic heterocycles. The van der Waals surface area contributed by atoms with Crippen molar-refractivity contribution >= 4 is 29.4 Å². The third-order valence-electron chi connectivity index (χ3n) is 4.35. The minimum atomic E-state index is -0.377. The average molecular weight is 435 g/mol. The van der Waals surface area contributed by atoms with Crippen molar-refractivity contribution in [3.05, 3.63) is 71.9 Å². The lowest BCUT2D eigenvalue weighted by molar-refractivity contribution is 0.0945. The van der Waals surface area contributed by atoms with Gasteiger partial charge in [0, 0.05) is 31.1 Å². The van der Waals surface area contributed by atoms with E-state index in [9.17, 15) is 4.79 Å². The number of hydrogen-bond acceptors (Lipinski definition) is 7. The molecule has 9 heteroatoms. The van der Waals surface area contributed by atoms with Crippen LogP contribution in [-0.4, -0.2) is 38.6 Å². The zero-order valence-electron chi connectivity index (χ0n) is 18.1. The van der Waals surface area contributed by atoms with Crippen LogP contribution in [0, 0.1) is 0 Å². The van der Waals surface area contributed by atoms with Gasteiger partial charge in [-0.05, 0) is 42.0 Å². The number of carbonyl (C=O) groups is 1. The summed E-state index contributed by atoms with van der Waals surface area (Å²) in [5.74, 6) is 1.38. The molecule has 0 aliphatic carbocycles. The summed E-state index contributed by atoms with van der Waals surface area (Å²) in [7, 11) is 4.80. The maximum Gasteiger partial charge on any atom is 0.273 e. The van der Waals surface area contributed by atoms with Gasteiger partial charge < -0.3 is 19.5 Å². The van der Waals surface area contributed by atoms with Gasteiger partial charge >= 0.3 is 0 Å². The predicted octanol–water partition coefficient (Wildman–Crippen LogP) is 3.58. The molecule has 0 fully saturated rings. The quantitative estimate of drug-likeness (QED) is 0.254. The van der Waals surface area contributed by atoms with E-state index in [1.807, 2.05) is 36.4 Å². The fourth-order valence-corrected chi connectivity index (χ4v) is 2.89. The van der Waals surface area contributed by atoms with Crippen LogP contribution in [0.25, 0.3) is 0 Å². The number of nitrogens with zero attached hydrogens (tertiary/aromatic N) is 2. The van der Waals surface area contributed by atoms with Gasteiger partial charge in [-0.2, -0.15) is 0 Å². The van der Waals surface area contributed by atoms with Gasteiger partial charge in [0.15, 0.2) is 0 Å². The van der Waals surface area contributed by atoms with Crippen molar-refractivity contribution in [3.8, 4) is 11.5 Å². The van der Waals surface area contributed by atoms with Crippen molar-refractivity contribution in [2.24, 2.45) is 4.99 Å². The molecule has 0 saturated carbocycles. The first kappa shape index (κ1) is 22.6. The van der Waals surface area contributed by atoms with E-state index in [0.29, 0.717) is 35.2 Å². The molecular weight excluding hydrogens is 410 g/mol. The van der Waals surface area contributed by atoms with Crippen molar-refractivity contribution in [2.75, 3.05) is 26.6 Å². The Morgan fingerprint density at radius 3 is 2.66 bits per heavy atom. The maximum atomic E-state index is 12.7. The van der Waals surface area contributed by atoms with E-state index in [2.05, 4.69) is 26.1 Å². The Morgan fingerprint density at radius 1 is 1.03 bits per heavy atom. The van der Waals surface area contributed by atoms with Crippen LogP contribution in [0.15, 0.2) is 65.8 Å². The van der Waals surface area contributed by atoms with E-state index in [4.69, 9.17) is 14.2 Å². The van der Waals surface area contributed by atoms with Crippen LogP contribution < -0.4 is 25.6 Å². The Kier molecular flexibility index (Phi) is 7.99. The number of anilines is 2. The fraction of sp³-hybridized carbons (Fsp3) is 0.174. The summed E-state index contributed by atoms with van der Waals surface area (Å²) < 4.78 is 15.7. The van der Waals surface area contributed by atoms with Crippen LogP contribution in [0.2, 0.25) is 0 Å². The lowest BCUT2D eigenvalue weighted by Gasteiger charge is -2.13. The van der Waals surface area contributed by atoms with Crippen LogP contribution in [0.4, 0.5) is 17.2 Å². The zero-order chi connectivity index (χ0) is 22.8. The molecule has 0 bridgehead atoms. The molecule has 1 aromatic heterocycles. The summed E-state index contributed by atoms with van der Waals surface area (Å²) in [5.41, 5.74) is 7.94. The Hall–Kier alpha value is -4.11. The number of amides is 1. The molecule has 3 aromatic rings. The zero-order valence-corrected chi connectivity index (χ0v) is 18.1. The van der Waals surface area contributed by atoms with Crippen molar-refractivity contribution < 1.29 is 19.0 Å². The standard InChI is InChI=1S/C23H25N5O4/c1-30-14-16-10-18(13-20(11-16)32-3)27-22-21(8-5-9-24-22)23(29)28-26-15-25-17-6-4-7-19(12-17)31-2/h4-13,15H,14H2,1-3H3,(H,24,27)(H,25,26)(H,28,29). The first-order chi connectivity index (χ1) is 15.6. The Bertz CT molecular complexity index is 1090. The Morgan fingerprint density at radius 2 is 1.88 bits per heavy atom. The molecule has 2 aromatic carbocycles. The number of aliphatic imine (C=N–C) groups is 1. The number of benzene rings is 2. The molecule has 0 spiro atoms. The Labute approximate surface area is 186 Å². The predicted molar refractivity (Wildman–Crippen MR) is 123 cm³/mol. The molecule has 0 aliphatic rings. The number of hydrogen-bond donors (Lipinski definition) is 3. The van der Waals surface area contributed by atoms with E-state index in [-0.39, 0.29) is 5.91 Å².